The zero-order valence-corrected chi connectivity index (χ0v) is 11.8. The van der Waals surface area contributed by atoms with Gasteiger partial charge in [0.25, 0.3) is 0 Å². The Morgan fingerprint density at radius 3 is 2.59 bits per heavy atom. The third-order valence-electron chi connectivity index (χ3n) is 3.46. The number of benzene rings is 1. The Kier molecular flexibility index (Phi) is 5.66. The first-order chi connectivity index (χ1) is 8.04. The van der Waals surface area contributed by atoms with Crippen LogP contribution in [0.2, 0.25) is 0 Å². The highest BCUT2D eigenvalue weighted by Gasteiger charge is 2.15. The molecule has 1 rings (SSSR count). The van der Waals surface area contributed by atoms with Gasteiger partial charge in [0.1, 0.15) is 0 Å². The molecule has 0 heterocycles. The molecular formula is C15H26N2. The summed E-state index contributed by atoms with van der Waals surface area (Å²) in [5, 5.41) is 3.48. The van der Waals surface area contributed by atoms with Crippen molar-refractivity contribution in [2.24, 2.45) is 0 Å². The van der Waals surface area contributed by atoms with Crippen LogP contribution in [0.1, 0.15) is 31.9 Å². The first-order valence-corrected chi connectivity index (χ1v) is 6.53. The van der Waals surface area contributed by atoms with Crippen LogP contribution in [-0.2, 0) is 6.54 Å². The Bertz CT molecular complexity index is 335. The molecule has 2 unspecified atom stereocenters. The first-order valence-electron chi connectivity index (χ1n) is 6.53. The molecule has 0 spiro atoms. The van der Waals surface area contributed by atoms with E-state index in [0.717, 1.165) is 13.1 Å². The van der Waals surface area contributed by atoms with Crippen molar-refractivity contribution in [1.29, 1.82) is 0 Å². The monoisotopic (exact) mass is 234 g/mol. The van der Waals surface area contributed by atoms with Crippen molar-refractivity contribution in [2.75, 3.05) is 13.6 Å². The van der Waals surface area contributed by atoms with Gasteiger partial charge in [-0.1, -0.05) is 36.8 Å². The highest BCUT2D eigenvalue weighted by Crippen LogP contribution is 2.10. The van der Waals surface area contributed by atoms with E-state index in [1.807, 2.05) is 0 Å². The lowest BCUT2D eigenvalue weighted by Crippen LogP contribution is -2.44. The van der Waals surface area contributed by atoms with E-state index >= 15 is 0 Å². The fourth-order valence-electron chi connectivity index (χ4n) is 2.12. The maximum atomic E-state index is 3.48. The number of aryl methyl sites for hydroxylation is 1. The second kappa shape index (κ2) is 6.77. The molecule has 1 aromatic rings. The lowest BCUT2D eigenvalue weighted by atomic mass is 10.1. The molecule has 0 saturated carbocycles. The molecule has 0 aliphatic rings. The van der Waals surface area contributed by atoms with E-state index in [0.29, 0.717) is 12.1 Å². The van der Waals surface area contributed by atoms with Gasteiger partial charge in [-0.25, -0.2) is 0 Å². The Morgan fingerprint density at radius 2 is 2.00 bits per heavy atom. The maximum absolute atomic E-state index is 3.48. The zero-order valence-electron chi connectivity index (χ0n) is 11.8. The average Bonchev–Trinajstić information content (AvgIpc) is 2.28. The van der Waals surface area contributed by atoms with E-state index in [-0.39, 0.29) is 0 Å². The van der Waals surface area contributed by atoms with Crippen LogP contribution < -0.4 is 5.32 Å². The van der Waals surface area contributed by atoms with Gasteiger partial charge in [0.15, 0.2) is 0 Å². The fraction of sp³-hybridized carbons (Fsp3) is 0.600. The van der Waals surface area contributed by atoms with Crippen LogP contribution in [0.3, 0.4) is 0 Å². The van der Waals surface area contributed by atoms with E-state index in [4.69, 9.17) is 0 Å². The molecule has 0 amide bonds. The predicted octanol–water partition coefficient (Wildman–Crippen LogP) is 2.81. The summed E-state index contributed by atoms with van der Waals surface area (Å²) in [6.45, 7) is 10.9. The van der Waals surface area contributed by atoms with Crippen LogP contribution >= 0.6 is 0 Å². The molecule has 0 radical (unpaired) electrons. The largest absolute Gasteiger partial charge is 0.313 e. The molecule has 2 nitrogen and oxygen atoms in total. The van der Waals surface area contributed by atoms with E-state index in [1.165, 1.54) is 11.1 Å². The molecule has 0 aliphatic heterocycles. The summed E-state index contributed by atoms with van der Waals surface area (Å²) in [6, 6.07) is 9.81. The number of nitrogens with zero attached hydrogens (tertiary/aromatic N) is 1. The minimum Gasteiger partial charge on any atom is -0.313 e. The molecule has 0 saturated heterocycles. The second-order valence-corrected chi connectivity index (χ2v) is 4.99. The van der Waals surface area contributed by atoms with Gasteiger partial charge in [-0.15, -0.1) is 0 Å². The van der Waals surface area contributed by atoms with Crippen molar-refractivity contribution in [3.63, 3.8) is 0 Å². The normalized spacial score (nSPS) is 14.9. The molecule has 2 atom stereocenters. The number of hydrogen-bond donors (Lipinski definition) is 1. The molecular weight excluding hydrogens is 208 g/mol. The molecule has 17 heavy (non-hydrogen) atoms. The van der Waals surface area contributed by atoms with E-state index in [9.17, 15) is 0 Å². The Balaban J connectivity index is 2.56. The lowest BCUT2D eigenvalue weighted by Gasteiger charge is -2.30. The van der Waals surface area contributed by atoms with Crippen molar-refractivity contribution in [3.05, 3.63) is 35.4 Å². The van der Waals surface area contributed by atoms with Crippen molar-refractivity contribution < 1.29 is 0 Å². The second-order valence-electron chi connectivity index (χ2n) is 4.99. The number of rotatable bonds is 6. The van der Waals surface area contributed by atoms with E-state index < -0.39 is 0 Å². The number of likely N-dealkylation sites (N-methyl/N-ethyl adjacent to an activating group) is 2. The van der Waals surface area contributed by atoms with Crippen LogP contribution in [0.25, 0.3) is 0 Å². The Labute approximate surface area is 106 Å². The van der Waals surface area contributed by atoms with Gasteiger partial charge < -0.3 is 5.32 Å². The van der Waals surface area contributed by atoms with Crippen molar-refractivity contribution in [2.45, 2.75) is 46.3 Å². The Hall–Kier alpha value is -0.860. The molecule has 96 valence electrons. The predicted molar refractivity (Wildman–Crippen MR) is 75.2 cm³/mol. The fourth-order valence-corrected chi connectivity index (χ4v) is 2.12. The summed E-state index contributed by atoms with van der Waals surface area (Å²) in [6.07, 6.45) is 0. The summed E-state index contributed by atoms with van der Waals surface area (Å²) in [5.74, 6) is 0. The molecule has 0 fully saturated rings. The van der Waals surface area contributed by atoms with Gasteiger partial charge in [0.2, 0.25) is 0 Å². The highest BCUT2D eigenvalue weighted by atomic mass is 15.2. The van der Waals surface area contributed by atoms with Crippen LogP contribution in [0, 0.1) is 6.92 Å². The van der Waals surface area contributed by atoms with Crippen LogP contribution in [-0.4, -0.2) is 30.6 Å². The molecule has 0 aliphatic carbocycles. The van der Waals surface area contributed by atoms with Gasteiger partial charge in [-0.3, -0.25) is 4.90 Å². The average molecular weight is 234 g/mol. The first kappa shape index (κ1) is 14.2. The molecule has 0 bridgehead atoms. The summed E-state index contributed by atoms with van der Waals surface area (Å²) in [4.78, 5) is 2.40. The zero-order chi connectivity index (χ0) is 12.8. The van der Waals surface area contributed by atoms with Crippen LogP contribution in [0.5, 0.6) is 0 Å². The van der Waals surface area contributed by atoms with Gasteiger partial charge >= 0.3 is 0 Å². The van der Waals surface area contributed by atoms with Gasteiger partial charge in [-0.2, -0.15) is 0 Å². The summed E-state index contributed by atoms with van der Waals surface area (Å²) < 4.78 is 0. The van der Waals surface area contributed by atoms with Crippen LogP contribution in [0.4, 0.5) is 0 Å². The lowest BCUT2D eigenvalue weighted by molar-refractivity contribution is 0.207. The topological polar surface area (TPSA) is 15.3 Å². The van der Waals surface area contributed by atoms with E-state index in [2.05, 4.69) is 69.2 Å². The quantitative estimate of drug-likeness (QED) is 0.814. The van der Waals surface area contributed by atoms with Gasteiger partial charge in [-0.05, 0) is 39.9 Å². The maximum Gasteiger partial charge on any atom is 0.0234 e. The van der Waals surface area contributed by atoms with Gasteiger partial charge in [0.05, 0.1) is 0 Å². The van der Waals surface area contributed by atoms with Crippen molar-refractivity contribution in [3.8, 4) is 0 Å². The molecule has 1 N–H and O–H groups in total. The Morgan fingerprint density at radius 1 is 1.29 bits per heavy atom. The SMILES string of the molecule is CCNC(C)C(C)N(C)Cc1cccc(C)c1. The molecule has 0 aromatic heterocycles. The standard InChI is InChI=1S/C15H26N2/c1-6-16-13(3)14(4)17(5)11-15-9-7-8-12(2)10-15/h7-10,13-14,16H,6,11H2,1-5H3. The number of hydrogen-bond acceptors (Lipinski definition) is 2. The minimum atomic E-state index is 0.523. The smallest absolute Gasteiger partial charge is 0.0234 e. The van der Waals surface area contributed by atoms with Gasteiger partial charge in [0, 0.05) is 18.6 Å². The highest BCUT2D eigenvalue weighted by molar-refractivity contribution is 5.22. The van der Waals surface area contributed by atoms with Crippen LogP contribution in [0.15, 0.2) is 24.3 Å². The minimum absolute atomic E-state index is 0.523. The molecule has 2 heteroatoms. The molecule has 1 aromatic carbocycles. The summed E-state index contributed by atoms with van der Waals surface area (Å²) in [7, 11) is 2.20. The summed E-state index contributed by atoms with van der Waals surface area (Å²) >= 11 is 0. The third-order valence-corrected chi connectivity index (χ3v) is 3.46. The number of nitrogens with one attached hydrogen (secondary N) is 1. The van der Waals surface area contributed by atoms with Crippen molar-refractivity contribution >= 4 is 0 Å². The van der Waals surface area contributed by atoms with E-state index in [1.54, 1.807) is 0 Å². The summed E-state index contributed by atoms with van der Waals surface area (Å²) in [5.41, 5.74) is 2.73. The third kappa shape index (κ3) is 4.49. The van der Waals surface area contributed by atoms with Crippen molar-refractivity contribution in [1.82, 2.24) is 10.2 Å².